The molecule has 1 aromatic rings. The van der Waals surface area contributed by atoms with Crippen LogP contribution in [-0.2, 0) is 10.2 Å². The zero-order valence-corrected chi connectivity index (χ0v) is 12.0. The van der Waals surface area contributed by atoms with Crippen LogP contribution >= 0.6 is 27.3 Å². The monoisotopic (exact) mass is 313 g/mol. The lowest BCUT2D eigenvalue weighted by molar-refractivity contribution is -0.128. The number of carbonyl (C=O) groups excluding carboxylic acids is 1. The van der Waals surface area contributed by atoms with Gasteiger partial charge in [-0.2, -0.15) is 0 Å². The summed E-state index contributed by atoms with van der Waals surface area (Å²) in [6, 6.07) is 0. The van der Waals surface area contributed by atoms with Gasteiger partial charge >= 0.3 is 0 Å². The van der Waals surface area contributed by atoms with Gasteiger partial charge in [-0.3, -0.25) is 10.2 Å². The fourth-order valence-electron chi connectivity index (χ4n) is 1.83. The number of aromatic nitrogens is 1. The average molecular weight is 314 g/mol. The lowest BCUT2D eigenvalue weighted by Crippen LogP contribution is -2.48. The Bertz CT molecular complexity index is 525. The number of hydrogen-bond acceptors (Lipinski definition) is 4. The van der Waals surface area contributed by atoms with Crippen LogP contribution in [0, 0.1) is 5.41 Å². The van der Waals surface area contributed by atoms with Crippen molar-refractivity contribution >= 4 is 39.0 Å². The fraction of sp³-hybridized carbons (Fsp3) is 0.364. The molecule has 4 nitrogen and oxygen atoms in total. The molecule has 6 heteroatoms. The van der Waals surface area contributed by atoms with Gasteiger partial charge in [0.05, 0.1) is 15.4 Å². The Hall–Kier alpha value is -1.01. The smallest absolute Gasteiger partial charge is 0.229 e. The van der Waals surface area contributed by atoms with Crippen LogP contribution in [0.15, 0.2) is 22.1 Å². The van der Waals surface area contributed by atoms with Gasteiger partial charge in [-0.1, -0.05) is 6.58 Å². The number of carbonyl (C=O) groups is 1. The topological polar surface area (TPSA) is 57.1 Å². The number of nitrogens with zero attached hydrogens (tertiary/aromatic N) is 2. The van der Waals surface area contributed by atoms with Crippen molar-refractivity contribution in [3.63, 3.8) is 0 Å². The third-order valence-corrected chi connectivity index (χ3v) is 4.86. The summed E-state index contributed by atoms with van der Waals surface area (Å²) in [6.45, 7) is 5.87. The van der Waals surface area contributed by atoms with E-state index in [-0.39, 0.29) is 11.7 Å². The van der Waals surface area contributed by atoms with Gasteiger partial charge < -0.3 is 4.90 Å². The number of halogens is 1. The number of amidine groups is 1. The van der Waals surface area contributed by atoms with E-state index in [4.69, 9.17) is 5.41 Å². The van der Waals surface area contributed by atoms with E-state index in [1.54, 1.807) is 13.2 Å². The lowest BCUT2D eigenvalue weighted by Gasteiger charge is -2.38. The molecule has 1 aromatic heterocycles. The minimum atomic E-state index is -0.558. The number of piperidine rings is 1. The molecule has 0 spiro atoms. The molecule has 1 aliphatic heterocycles. The predicted octanol–water partition coefficient (Wildman–Crippen LogP) is 2.56. The first-order valence-electron chi connectivity index (χ1n) is 5.03. The van der Waals surface area contributed by atoms with E-state index in [2.05, 4.69) is 27.5 Å². The first-order chi connectivity index (χ1) is 7.86. The largest absolute Gasteiger partial charge is 0.300 e. The maximum Gasteiger partial charge on any atom is 0.229 e. The summed E-state index contributed by atoms with van der Waals surface area (Å²) < 4.78 is 0.916. The normalized spacial score (nSPS) is 25.6. The molecule has 1 N–H and O–H groups in total. The number of thiazole rings is 1. The molecule has 90 valence electrons. The van der Waals surface area contributed by atoms with Crippen LogP contribution in [0.3, 0.4) is 0 Å². The van der Waals surface area contributed by atoms with Gasteiger partial charge in [0.2, 0.25) is 5.91 Å². The van der Waals surface area contributed by atoms with E-state index < -0.39 is 5.41 Å². The van der Waals surface area contributed by atoms with Crippen molar-refractivity contribution in [2.75, 3.05) is 7.05 Å². The summed E-state index contributed by atoms with van der Waals surface area (Å²) in [6.07, 6.45) is 2.02. The molecule has 2 rings (SSSR count). The standard InChI is InChI=1S/C11H12BrN3OS/c1-6-9(13)15(3)8(16)4-11(6,2)10-14-5-7(12)17-10/h5,13H,1,4H2,2-3H3/t11-/m1/s1. The Morgan fingerprint density at radius 3 is 2.88 bits per heavy atom. The van der Waals surface area contributed by atoms with Crippen LogP contribution in [0.4, 0.5) is 0 Å². The van der Waals surface area contributed by atoms with Gasteiger partial charge in [0.25, 0.3) is 0 Å². The van der Waals surface area contributed by atoms with Gasteiger partial charge in [0.15, 0.2) is 0 Å². The van der Waals surface area contributed by atoms with E-state index in [0.717, 1.165) is 8.79 Å². The highest BCUT2D eigenvalue weighted by molar-refractivity contribution is 9.11. The maximum atomic E-state index is 11.9. The molecule has 1 amide bonds. The summed E-state index contributed by atoms with van der Waals surface area (Å²) in [5.41, 5.74) is 0.0821. The summed E-state index contributed by atoms with van der Waals surface area (Å²) >= 11 is 4.84. The summed E-state index contributed by atoms with van der Waals surface area (Å²) in [5.74, 6) is 0.103. The van der Waals surface area contributed by atoms with Gasteiger partial charge in [-0.05, 0) is 22.9 Å². The highest BCUT2D eigenvalue weighted by Crippen LogP contribution is 2.41. The second kappa shape index (κ2) is 4.03. The first-order valence-corrected chi connectivity index (χ1v) is 6.64. The minimum Gasteiger partial charge on any atom is -0.300 e. The number of nitrogens with one attached hydrogen (secondary N) is 1. The third kappa shape index (κ3) is 1.85. The first kappa shape index (κ1) is 12.4. The zero-order valence-electron chi connectivity index (χ0n) is 9.58. The van der Waals surface area contributed by atoms with Gasteiger partial charge in [0.1, 0.15) is 10.8 Å². The Morgan fingerprint density at radius 2 is 2.35 bits per heavy atom. The summed E-state index contributed by atoms with van der Waals surface area (Å²) in [7, 11) is 1.60. The van der Waals surface area contributed by atoms with E-state index in [1.165, 1.54) is 16.2 Å². The highest BCUT2D eigenvalue weighted by Gasteiger charge is 2.43. The van der Waals surface area contributed by atoms with Crippen LogP contribution in [0.25, 0.3) is 0 Å². The van der Waals surface area contributed by atoms with Crippen molar-refractivity contribution in [3.05, 3.63) is 27.1 Å². The Kier molecular flexibility index (Phi) is 2.95. The van der Waals surface area contributed by atoms with E-state index in [0.29, 0.717) is 12.0 Å². The SMILES string of the molecule is C=C1C(=N)N(C)C(=O)C[C@@]1(C)c1ncc(Br)s1. The van der Waals surface area contributed by atoms with E-state index >= 15 is 0 Å². The van der Waals surface area contributed by atoms with Gasteiger partial charge in [0, 0.05) is 19.0 Å². The molecular weight excluding hydrogens is 302 g/mol. The van der Waals surface area contributed by atoms with Crippen molar-refractivity contribution in [2.24, 2.45) is 0 Å². The summed E-state index contributed by atoms with van der Waals surface area (Å²) in [5, 5.41) is 8.73. The quantitative estimate of drug-likeness (QED) is 0.866. The molecule has 0 unspecified atom stereocenters. The second-order valence-electron chi connectivity index (χ2n) is 4.26. The maximum absolute atomic E-state index is 11.9. The molecule has 1 atom stereocenters. The molecule has 0 radical (unpaired) electrons. The van der Waals surface area contributed by atoms with Crippen LogP contribution in [0.2, 0.25) is 0 Å². The fourth-order valence-corrected chi connectivity index (χ4v) is 3.21. The van der Waals surface area contributed by atoms with E-state index in [9.17, 15) is 4.79 Å². The Balaban J connectivity index is 2.47. The molecule has 2 heterocycles. The molecule has 0 aromatic carbocycles. The Labute approximate surface area is 112 Å². The van der Waals surface area contributed by atoms with Crippen LogP contribution in [0.1, 0.15) is 18.4 Å². The van der Waals surface area contributed by atoms with Crippen molar-refractivity contribution in [2.45, 2.75) is 18.8 Å². The number of rotatable bonds is 1. The lowest BCUT2D eigenvalue weighted by atomic mass is 9.76. The van der Waals surface area contributed by atoms with Crippen molar-refractivity contribution in [1.82, 2.24) is 9.88 Å². The minimum absolute atomic E-state index is 0.0729. The Morgan fingerprint density at radius 1 is 1.71 bits per heavy atom. The van der Waals surface area contributed by atoms with Crippen molar-refractivity contribution < 1.29 is 4.79 Å². The predicted molar refractivity (Wildman–Crippen MR) is 71.4 cm³/mol. The second-order valence-corrected chi connectivity index (χ2v) is 6.67. The highest BCUT2D eigenvalue weighted by atomic mass is 79.9. The van der Waals surface area contributed by atoms with Crippen LogP contribution in [-0.4, -0.2) is 28.7 Å². The van der Waals surface area contributed by atoms with E-state index in [1.807, 2.05) is 6.92 Å². The van der Waals surface area contributed by atoms with Crippen molar-refractivity contribution in [1.29, 1.82) is 5.41 Å². The number of amides is 1. The number of likely N-dealkylation sites (tertiary alicyclic amines) is 1. The number of hydrogen-bond donors (Lipinski definition) is 1. The average Bonchev–Trinajstić information content (AvgIpc) is 2.71. The molecule has 0 aliphatic carbocycles. The number of likely N-dealkylation sites (N-methyl/N-ethyl adjacent to an activating group) is 1. The summed E-state index contributed by atoms with van der Waals surface area (Å²) in [4.78, 5) is 17.5. The van der Waals surface area contributed by atoms with Gasteiger partial charge in [-0.25, -0.2) is 4.98 Å². The van der Waals surface area contributed by atoms with Gasteiger partial charge in [-0.15, -0.1) is 11.3 Å². The zero-order chi connectivity index (χ0) is 12.8. The van der Waals surface area contributed by atoms with Crippen molar-refractivity contribution in [3.8, 4) is 0 Å². The molecule has 1 saturated heterocycles. The molecule has 17 heavy (non-hydrogen) atoms. The molecular formula is C11H12BrN3OS. The molecule has 0 saturated carbocycles. The molecule has 1 fully saturated rings. The third-order valence-electron chi connectivity index (χ3n) is 3.12. The molecule has 0 bridgehead atoms. The van der Waals surface area contributed by atoms with Crippen LogP contribution < -0.4 is 0 Å². The van der Waals surface area contributed by atoms with Crippen LogP contribution in [0.5, 0.6) is 0 Å². The molecule has 1 aliphatic rings.